The van der Waals surface area contributed by atoms with Crippen LogP contribution < -0.4 is 4.90 Å². The zero-order valence-electron chi connectivity index (χ0n) is 15.5. The number of likely N-dealkylation sites (tertiary alicyclic amines) is 2. The van der Waals surface area contributed by atoms with Crippen LogP contribution in [-0.2, 0) is 0 Å². The lowest BCUT2D eigenvalue weighted by Gasteiger charge is -2.60. The van der Waals surface area contributed by atoms with Crippen molar-refractivity contribution < 1.29 is 0 Å². The Bertz CT molecular complexity index is 759. The quantitative estimate of drug-likeness (QED) is 0.856. The Balaban J connectivity index is 1.16. The fourth-order valence-electron chi connectivity index (χ4n) is 5.43. The number of anilines is 1. The number of pyridine rings is 1. The summed E-state index contributed by atoms with van der Waals surface area (Å²) in [5.41, 5.74) is 4.44. The van der Waals surface area contributed by atoms with Crippen LogP contribution in [0.5, 0.6) is 0 Å². The lowest BCUT2D eigenvalue weighted by atomic mass is 9.72. The molecule has 0 amide bonds. The molecule has 3 aliphatic rings. The van der Waals surface area contributed by atoms with Gasteiger partial charge in [0.05, 0.1) is 5.69 Å². The SMILES string of the molecule is Cc1cc2nccn2cc1N1CCC(CN2CC3(CN(C)C3)C2)CC1. The molecule has 25 heavy (non-hydrogen) atoms. The van der Waals surface area contributed by atoms with Crippen LogP contribution >= 0.6 is 0 Å². The van der Waals surface area contributed by atoms with Gasteiger partial charge >= 0.3 is 0 Å². The first-order chi connectivity index (χ1) is 12.1. The van der Waals surface area contributed by atoms with Crippen LogP contribution in [0.2, 0.25) is 0 Å². The van der Waals surface area contributed by atoms with Crippen LogP contribution in [0.1, 0.15) is 18.4 Å². The van der Waals surface area contributed by atoms with Crippen molar-refractivity contribution in [1.29, 1.82) is 0 Å². The van der Waals surface area contributed by atoms with Crippen molar-refractivity contribution in [2.75, 3.05) is 57.8 Å². The average Bonchev–Trinajstić information content (AvgIpc) is 2.98. The van der Waals surface area contributed by atoms with Gasteiger partial charge in [0.2, 0.25) is 0 Å². The molecular formula is C20H29N5. The molecule has 2 aromatic heterocycles. The first-order valence-electron chi connectivity index (χ1n) is 9.69. The first kappa shape index (κ1) is 15.6. The summed E-state index contributed by atoms with van der Waals surface area (Å²) in [6, 6.07) is 2.20. The summed E-state index contributed by atoms with van der Waals surface area (Å²) < 4.78 is 2.14. The maximum atomic E-state index is 4.39. The fourth-order valence-corrected chi connectivity index (χ4v) is 5.43. The highest BCUT2D eigenvalue weighted by molar-refractivity contribution is 5.58. The molecule has 0 N–H and O–H groups in total. The predicted octanol–water partition coefficient (Wildman–Crippen LogP) is 2.11. The van der Waals surface area contributed by atoms with Crippen LogP contribution in [0, 0.1) is 18.3 Å². The molecule has 0 aliphatic carbocycles. The van der Waals surface area contributed by atoms with Gasteiger partial charge in [0.15, 0.2) is 0 Å². The molecule has 5 heteroatoms. The first-order valence-corrected chi connectivity index (χ1v) is 9.69. The summed E-state index contributed by atoms with van der Waals surface area (Å²) in [6.07, 6.45) is 8.83. The molecule has 3 aliphatic heterocycles. The minimum absolute atomic E-state index is 0.673. The standard InChI is InChI=1S/C20H29N5/c1-16-9-19-21-5-8-25(19)11-18(16)24-6-3-17(4-7-24)10-23-14-20(15-23)12-22(2)13-20/h5,8-9,11,17H,3-4,6-7,10,12-15H2,1-2H3. The van der Waals surface area contributed by atoms with E-state index in [1.54, 1.807) is 0 Å². The van der Waals surface area contributed by atoms with Gasteiger partial charge in [-0.05, 0) is 44.4 Å². The lowest BCUT2D eigenvalue weighted by Crippen LogP contribution is -2.71. The van der Waals surface area contributed by atoms with E-state index in [1.165, 1.54) is 69.9 Å². The van der Waals surface area contributed by atoms with Crippen molar-refractivity contribution in [2.45, 2.75) is 19.8 Å². The second-order valence-electron chi connectivity index (χ2n) is 8.81. The van der Waals surface area contributed by atoms with E-state index in [4.69, 9.17) is 0 Å². The van der Waals surface area contributed by atoms with Crippen molar-refractivity contribution in [3.63, 3.8) is 0 Å². The van der Waals surface area contributed by atoms with Gasteiger partial charge in [0.1, 0.15) is 5.65 Å². The van der Waals surface area contributed by atoms with E-state index in [9.17, 15) is 0 Å². The molecule has 0 saturated carbocycles. The molecule has 3 saturated heterocycles. The highest BCUT2D eigenvalue weighted by Crippen LogP contribution is 2.39. The van der Waals surface area contributed by atoms with Crippen molar-refractivity contribution >= 4 is 11.3 Å². The highest BCUT2D eigenvalue weighted by Gasteiger charge is 2.50. The Morgan fingerprint density at radius 1 is 1.16 bits per heavy atom. The largest absolute Gasteiger partial charge is 0.370 e. The molecule has 2 aromatic rings. The highest BCUT2D eigenvalue weighted by atomic mass is 15.3. The van der Waals surface area contributed by atoms with Crippen LogP contribution in [0.15, 0.2) is 24.7 Å². The van der Waals surface area contributed by atoms with Crippen molar-refractivity contribution in [1.82, 2.24) is 19.2 Å². The number of aryl methyl sites for hydroxylation is 1. The van der Waals surface area contributed by atoms with E-state index in [0.29, 0.717) is 5.41 Å². The lowest BCUT2D eigenvalue weighted by molar-refractivity contribution is -0.109. The Hall–Kier alpha value is -1.59. The summed E-state index contributed by atoms with van der Waals surface area (Å²) in [6.45, 7) is 11.2. The Morgan fingerprint density at radius 3 is 2.64 bits per heavy atom. The van der Waals surface area contributed by atoms with Crippen molar-refractivity contribution in [3.05, 3.63) is 30.2 Å². The van der Waals surface area contributed by atoms with Gasteiger partial charge in [-0.25, -0.2) is 4.98 Å². The van der Waals surface area contributed by atoms with E-state index in [2.05, 4.69) is 50.3 Å². The molecule has 0 atom stereocenters. The van der Waals surface area contributed by atoms with Gasteiger partial charge in [-0.1, -0.05) is 0 Å². The number of aromatic nitrogens is 2. The van der Waals surface area contributed by atoms with Gasteiger partial charge in [0, 0.05) is 69.8 Å². The molecular weight excluding hydrogens is 310 g/mol. The summed E-state index contributed by atoms with van der Waals surface area (Å²) in [7, 11) is 2.24. The third-order valence-electron chi connectivity index (χ3n) is 6.51. The fraction of sp³-hybridized carbons (Fsp3) is 0.650. The van der Waals surface area contributed by atoms with E-state index in [0.717, 1.165) is 11.6 Å². The van der Waals surface area contributed by atoms with E-state index in [1.807, 2.05) is 12.4 Å². The third-order valence-corrected chi connectivity index (χ3v) is 6.51. The number of nitrogens with zero attached hydrogens (tertiary/aromatic N) is 5. The summed E-state index contributed by atoms with van der Waals surface area (Å²) in [5, 5.41) is 0. The number of hydrogen-bond donors (Lipinski definition) is 0. The maximum absolute atomic E-state index is 4.39. The minimum Gasteiger partial charge on any atom is -0.370 e. The monoisotopic (exact) mass is 339 g/mol. The number of imidazole rings is 1. The molecule has 0 radical (unpaired) electrons. The zero-order valence-corrected chi connectivity index (χ0v) is 15.5. The molecule has 0 bridgehead atoms. The molecule has 5 rings (SSSR count). The number of rotatable bonds is 3. The Labute approximate surface area is 150 Å². The summed E-state index contributed by atoms with van der Waals surface area (Å²) in [4.78, 5) is 12.1. The number of piperidine rings is 1. The maximum Gasteiger partial charge on any atom is 0.137 e. The molecule has 5 nitrogen and oxygen atoms in total. The second-order valence-corrected chi connectivity index (χ2v) is 8.81. The molecule has 134 valence electrons. The Morgan fingerprint density at radius 2 is 1.92 bits per heavy atom. The van der Waals surface area contributed by atoms with Gasteiger partial charge in [-0.15, -0.1) is 0 Å². The van der Waals surface area contributed by atoms with Gasteiger partial charge in [-0.2, -0.15) is 0 Å². The third kappa shape index (κ3) is 2.74. The van der Waals surface area contributed by atoms with Crippen LogP contribution in [0.3, 0.4) is 0 Å². The van der Waals surface area contributed by atoms with Gasteiger partial charge < -0.3 is 19.1 Å². The smallest absolute Gasteiger partial charge is 0.137 e. The van der Waals surface area contributed by atoms with Gasteiger partial charge in [0.25, 0.3) is 0 Å². The molecule has 5 heterocycles. The molecule has 0 unspecified atom stereocenters. The van der Waals surface area contributed by atoms with Crippen LogP contribution in [-0.4, -0.2) is 72.0 Å². The van der Waals surface area contributed by atoms with E-state index < -0.39 is 0 Å². The normalized spacial score (nSPS) is 24.6. The number of fused-ring (bicyclic) bond motifs is 1. The molecule has 3 fully saturated rings. The molecule has 0 aromatic carbocycles. The van der Waals surface area contributed by atoms with Crippen LogP contribution in [0.25, 0.3) is 5.65 Å². The average molecular weight is 339 g/mol. The number of hydrogen-bond acceptors (Lipinski definition) is 4. The predicted molar refractivity (Wildman–Crippen MR) is 101 cm³/mol. The van der Waals surface area contributed by atoms with Crippen molar-refractivity contribution in [2.24, 2.45) is 11.3 Å². The van der Waals surface area contributed by atoms with Crippen molar-refractivity contribution in [3.8, 4) is 0 Å². The summed E-state index contributed by atoms with van der Waals surface area (Å²) >= 11 is 0. The van der Waals surface area contributed by atoms with E-state index >= 15 is 0 Å². The molecule has 1 spiro atoms. The van der Waals surface area contributed by atoms with Gasteiger partial charge in [-0.3, -0.25) is 0 Å². The second kappa shape index (κ2) is 5.71. The topological polar surface area (TPSA) is 27.0 Å². The Kier molecular flexibility index (Phi) is 3.57. The van der Waals surface area contributed by atoms with Crippen LogP contribution in [0.4, 0.5) is 5.69 Å². The summed E-state index contributed by atoms with van der Waals surface area (Å²) in [5.74, 6) is 0.878. The van der Waals surface area contributed by atoms with E-state index in [-0.39, 0.29) is 0 Å². The minimum atomic E-state index is 0.673. The zero-order chi connectivity index (χ0) is 17.0.